The third-order valence-corrected chi connectivity index (χ3v) is 6.09. The number of carbonyl (C=O) groups is 2. The molecule has 1 atom stereocenters. The Morgan fingerprint density at radius 3 is 2.93 bits per heavy atom. The van der Waals surface area contributed by atoms with E-state index < -0.39 is 29.3 Å². The molecule has 1 saturated carbocycles. The van der Waals surface area contributed by atoms with E-state index in [0.29, 0.717) is 25.0 Å². The Kier molecular flexibility index (Phi) is 4.31. The molecule has 7 nitrogen and oxygen atoms in total. The van der Waals surface area contributed by atoms with E-state index >= 15 is 0 Å². The molecule has 0 saturated heterocycles. The maximum atomic E-state index is 14.0. The average Bonchev–Trinajstić information content (AvgIpc) is 3.30. The average molecular weight is 396 g/mol. The molecule has 1 aromatic carbocycles. The number of aromatic nitrogens is 2. The number of ether oxygens (including phenoxy) is 1. The molecule has 1 spiro atoms. The van der Waals surface area contributed by atoms with Crippen LogP contribution in [0, 0.1) is 5.82 Å². The van der Waals surface area contributed by atoms with Crippen LogP contribution in [0.2, 0.25) is 0 Å². The monoisotopic (exact) mass is 396 g/mol. The molecule has 0 radical (unpaired) electrons. The van der Waals surface area contributed by atoms with Gasteiger partial charge in [0.05, 0.1) is 18.0 Å². The normalized spacial score (nSPS) is 22.0. The molecular formula is C21H21FN4O3. The topological polar surface area (TPSA) is 93.2 Å². The zero-order valence-electron chi connectivity index (χ0n) is 15.8. The van der Waals surface area contributed by atoms with Gasteiger partial charge in [-0.3, -0.25) is 9.59 Å². The molecule has 0 unspecified atom stereocenters. The SMILES string of the molecule is O=C(N[C@H]1CCc2cccc(F)c2NC1=O)c1ncc2c(n1)C1(CCCC1)OC2. The highest BCUT2D eigenvalue weighted by atomic mass is 19.1. The van der Waals surface area contributed by atoms with Crippen LogP contribution in [0.4, 0.5) is 10.1 Å². The summed E-state index contributed by atoms with van der Waals surface area (Å²) in [6.07, 6.45) is 6.42. The van der Waals surface area contributed by atoms with Gasteiger partial charge in [0.2, 0.25) is 11.7 Å². The molecular weight excluding hydrogens is 375 g/mol. The number of para-hydroxylation sites is 1. The highest BCUT2D eigenvalue weighted by Gasteiger charge is 2.44. The Labute approximate surface area is 167 Å². The molecule has 29 heavy (non-hydrogen) atoms. The second-order valence-corrected chi connectivity index (χ2v) is 7.89. The molecule has 1 fully saturated rings. The van der Waals surface area contributed by atoms with Crippen LogP contribution in [0.1, 0.15) is 59.5 Å². The number of hydrogen-bond acceptors (Lipinski definition) is 5. The molecule has 2 N–H and O–H groups in total. The van der Waals surface area contributed by atoms with Crippen LogP contribution < -0.4 is 10.6 Å². The number of aryl methyl sites for hydroxylation is 1. The van der Waals surface area contributed by atoms with Gasteiger partial charge < -0.3 is 15.4 Å². The number of halogens is 1. The fourth-order valence-electron chi connectivity index (χ4n) is 4.55. The first-order valence-corrected chi connectivity index (χ1v) is 9.95. The molecule has 3 heterocycles. The summed E-state index contributed by atoms with van der Waals surface area (Å²) in [7, 11) is 0. The smallest absolute Gasteiger partial charge is 0.289 e. The minimum Gasteiger partial charge on any atom is -0.364 e. The van der Waals surface area contributed by atoms with Gasteiger partial charge in [0.1, 0.15) is 17.5 Å². The lowest BCUT2D eigenvalue weighted by Crippen LogP contribution is -2.44. The molecule has 2 aliphatic heterocycles. The summed E-state index contributed by atoms with van der Waals surface area (Å²) in [5.74, 6) is -1.41. The summed E-state index contributed by atoms with van der Waals surface area (Å²) in [4.78, 5) is 34.0. The van der Waals surface area contributed by atoms with E-state index in [0.717, 1.165) is 36.9 Å². The lowest BCUT2D eigenvalue weighted by Gasteiger charge is -2.22. The van der Waals surface area contributed by atoms with Crippen molar-refractivity contribution in [1.29, 1.82) is 0 Å². The highest BCUT2D eigenvalue weighted by Crippen LogP contribution is 2.46. The number of hydrogen-bond donors (Lipinski definition) is 2. The zero-order chi connectivity index (χ0) is 20.0. The Morgan fingerprint density at radius 1 is 1.28 bits per heavy atom. The third kappa shape index (κ3) is 3.07. The van der Waals surface area contributed by atoms with Crippen LogP contribution >= 0.6 is 0 Å². The van der Waals surface area contributed by atoms with Gasteiger partial charge in [0.15, 0.2) is 0 Å². The fourth-order valence-corrected chi connectivity index (χ4v) is 4.55. The second kappa shape index (κ2) is 6.88. The van der Waals surface area contributed by atoms with Crippen molar-refractivity contribution in [1.82, 2.24) is 15.3 Å². The van der Waals surface area contributed by atoms with Gasteiger partial charge >= 0.3 is 0 Å². The van der Waals surface area contributed by atoms with Gasteiger partial charge in [-0.25, -0.2) is 14.4 Å². The Bertz CT molecular complexity index is 1000. The summed E-state index contributed by atoms with van der Waals surface area (Å²) in [6.45, 7) is 0.464. The van der Waals surface area contributed by atoms with Crippen LogP contribution in [0.25, 0.3) is 0 Å². The zero-order valence-corrected chi connectivity index (χ0v) is 15.8. The van der Waals surface area contributed by atoms with Crippen molar-refractivity contribution >= 4 is 17.5 Å². The third-order valence-electron chi connectivity index (χ3n) is 6.09. The quantitative estimate of drug-likeness (QED) is 0.814. The number of nitrogens with zero attached hydrogens (tertiary/aromatic N) is 2. The van der Waals surface area contributed by atoms with E-state index in [4.69, 9.17) is 4.74 Å². The molecule has 3 aliphatic rings. The summed E-state index contributed by atoms with van der Waals surface area (Å²) < 4.78 is 20.0. The maximum absolute atomic E-state index is 14.0. The molecule has 8 heteroatoms. The molecule has 1 aliphatic carbocycles. The van der Waals surface area contributed by atoms with Crippen LogP contribution in [0.5, 0.6) is 0 Å². The predicted octanol–water partition coefficient (Wildman–Crippen LogP) is 2.60. The van der Waals surface area contributed by atoms with Crippen molar-refractivity contribution < 1.29 is 18.7 Å². The van der Waals surface area contributed by atoms with Gasteiger partial charge in [-0.15, -0.1) is 0 Å². The molecule has 0 bridgehead atoms. The van der Waals surface area contributed by atoms with Gasteiger partial charge in [-0.1, -0.05) is 25.0 Å². The maximum Gasteiger partial charge on any atom is 0.289 e. The van der Waals surface area contributed by atoms with Crippen LogP contribution in [-0.2, 0) is 28.2 Å². The fraction of sp³-hybridized carbons (Fsp3) is 0.429. The Hall–Kier alpha value is -2.87. The molecule has 2 amide bonds. The number of fused-ring (bicyclic) bond motifs is 3. The van der Waals surface area contributed by atoms with E-state index in [-0.39, 0.29) is 11.5 Å². The Morgan fingerprint density at radius 2 is 2.10 bits per heavy atom. The number of amides is 2. The van der Waals surface area contributed by atoms with Crippen molar-refractivity contribution in [3.05, 3.63) is 52.9 Å². The first kappa shape index (κ1) is 18.2. The van der Waals surface area contributed by atoms with E-state index in [1.54, 1.807) is 18.3 Å². The number of anilines is 1. The van der Waals surface area contributed by atoms with Crippen LogP contribution in [0.15, 0.2) is 24.4 Å². The van der Waals surface area contributed by atoms with Gasteiger partial charge in [-0.2, -0.15) is 0 Å². The summed E-state index contributed by atoms with van der Waals surface area (Å²) in [5.41, 5.74) is 2.22. The first-order chi connectivity index (χ1) is 14.1. The minimum absolute atomic E-state index is 0.0290. The lowest BCUT2D eigenvalue weighted by atomic mass is 9.97. The van der Waals surface area contributed by atoms with Gasteiger partial charge in [0, 0.05) is 11.8 Å². The van der Waals surface area contributed by atoms with Crippen molar-refractivity contribution in [3.63, 3.8) is 0 Å². The summed E-state index contributed by atoms with van der Waals surface area (Å²) in [5, 5.41) is 5.30. The van der Waals surface area contributed by atoms with Gasteiger partial charge in [-0.05, 0) is 37.3 Å². The number of rotatable bonds is 2. The molecule has 5 rings (SSSR count). The minimum atomic E-state index is -0.789. The number of nitrogens with one attached hydrogen (secondary N) is 2. The van der Waals surface area contributed by atoms with E-state index in [2.05, 4.69) is 20.6 Å². The number of carbonyl (C=O) groups excluding carboxylic acids is 2. The van der Waals surface area contributed by atoms with Crippen LogP contribution in [0.3, 0.4) is 0 Å². The van der Waals surface area contributed by atoms with Crippen molar-refractivity contribution in [2.24, 2.45) is 0 Å². The standard InChI is InChI=1S/C21H21FN4O3/c22-14-5-3-4-12-6-7-15(19(27)25-16(12)14)24-20(28)18-23-10-13-11-29-21(17(13)26-18)8-1-2-9-21/h3-5,10,15H,1-2,6-9,11H2,(H,24,28)(H,25,27)/t15-/m0/s1. The largest absolute Gasteiger partial charge is 0.364 e. The number of benzene rings is 1. The van der Waals surface area contributed by atoms with E-state index in [9.17, 15) is 14.0 Å². The van der Waals surface area contributed by atoms with Crippen molar-refractivity contribution in [2.45, 2.75) is 56.8 Å². The molecule has 150 valence electrons. The molecule has 2 aromatic rings. The van der Waals surface area contributed by atoms with Crippen LogP contribution in [-0.4, -0.2) is 27.8 Å². The van der Waals surface area contributed by atoms with Gasteiger partial charge in [0.25, 0.3) is 5.91 Å². The Balaban J connectivity index is 1.35. The second-order valence-electron chi connectivity index (χ2n) is 7.89. The molecule has 1 aromatic heterocycles. The first-order valence-electron chi connectivity index (χ1n) is 9.95. The van der Waals surface area contributed by atoms with E-state index in [1.165, 1.54) is 6.07 Å². The summed E-state index contributed by atoms with van der Waals surface area (Å²) in [6, 6.07) is 3.89. The van der Waals surface area contributed by atoms with Crippen molar-refractivity contribution in [2.75, 3.05) is 5.32 Å². The van der Waals surface area contributed by atoms with Crippen molar-refractivity contribution in [3.8, 4) is 0 Å². The highest BCUT2D eigenvalue weighted by molar-refractivity contribution is 6.00. The summed E-state index contributed by atoms with van der Waals surface area (Å²) >= 11 is 0. The van der Waals surface area contributed by atoms with E-state index in [1.807, 2.05) is 0 Å². The lowest BCUT2D eigenvalue weighted by molar-refractivity contribution is -0.118. The predicted molar refractivity (Wildman–Crippen MR) is 102 cm³/mol.